The third kappa shape index (κ3) is 4.99. The lowest BCUT2D eigenvalue weighted by Gasteiger charge is -2.18. The fourth-order valence-electron chi connectivity index (χ4n) is 2.32. The highest BCUT2D eigenvalue weighted by molar-refractivity contribution is 6.04. The average Bonchev–Trinajstić information content (AvgIpc) is 2.61. The van der Waals surface area contributed by atoms with Crippen molar-refractivity contribution >= 4 is 17.5 Å². The summed E-state index contributed by atoms with van der Waals surface area (Å²) in [5.41, 5.74) is 0.838. The number of hydrogen-bond donors (Lipinski definition) is 2. The second-order valence-corrected chi connectivity index (χ2v) is 6.07. The number of methoxy groups -OCH3 is 1. The van der Waals surface area contributed by atoms with Crippen LogP contribution in [0, 0.1) is 0 Å². The molecule has 1 atom stereocenters. The smallest absolute Gasteiger partial charge is 0.265 e. The molecule has 0 radical (unpaired) electrons. The number of para-hydroxylation sites is 3. The Balaban J connectivity index is 2.11. The van der Waals surface area contributed by atoms with E-state index in [0.29, 0.717) is 22.7 Å². The molecule has 2 aromatic carbocycles. The Morgan fingerprint density at radius 3 is 2.19 bits per heavy atom. The van der Waals surface area contributed by atoms with Crippen LogP contribution in [0.3, 0.4) is 0 Å². The van der Waals surface area contributed by atoms with Gasteiger partial charge in [-0.05, 0) is 45.0 Å². The minimum atomic E-state index is -0.771. The van der Waals surface area contributed by atoms with Crippen molar-refractivity contribution in [2.45, 2.75) is 32.9 Å². The van der Waals surface area contributed by atoms with Gasteiger partial charge >= 0.3 is 0 Å². The molecule has 0 unspecified atom stereocenters. The third-order valence-electron chi connectivity index (χ3n) is 3.59. The maximum Gasteiger partial charge on any atom is 0.265 e. The molecule has 138 valence electrons. The van der Waals surface area contributed by atoms with E-state index < -0.39 is 6.10 Å². The first-order valence-corrected chi connectivity index (χ1v) is 8.42. The number of rotatable bonds is 7. The lowest BCUT2D eigenvalue weighted by Crippen LogP contribution is -2.33. The first-order valence-electron chi connectivity index (χ1n) is 8.42. The van der Waals surface area contributed by atoms with Crippen molar-refractivity contribution in [3.05, 3.63) is 54.1 Å². The molecule has 0 saturated heterocycles. The zero-order valence-corrected chi connectivity index (χ0v) is 15.4. The van der Waals surface area contributed by atoms with E-state index in [1.54, 1.807) is 49.4 Å². The van der Waals surface area contributed by atoms with Crippen molar-refractivity contribution in [2.24, 2.45) is 0 Å². The predicted molar refractivity (Wildman–Crippen MR) is 101 cm³/mol. The molecule has 2 amide bonds. The van der Waals surface area contributed by atoms with Gasteiger partial charge in [-0.25, -0.2) is 0 Å². The Kier molecular flexibility index (Phi) is 6.60. The van der Waals surface area contributed by atoms with Gasteiger partial charge in [-0.3, -0.25) is 9.59 Å². The SMILES string of the molecule is COc1ccccc1O[C@H](C)C(=O)Nc1ccccc1C(=O)NC(C)C. The fraction of sp³-hybridized carbons (Fsp3) is 0.300. The number of benzene rings is 2. The lowest BCUT2D eigenvalue weighted by atomic mass is 10.1. The highest BCUT2D eigenvalue weighted by atomic mass is 16.5. The van der Waals surface area contributed by atoms with Crippen molar-refractivity contribution in [2.75, 3.05) is 12.4 Å². The molecule has 0 heterocycles. The highest BCUT2D eigenvalue weighted by Gasteiger charge is 2.19. The first-order chi connectivity index (χ1) is 12.4. The minimum absolute atomic E-state index is 0.000870. The quantitative estimate of drug-likeness (QED) is 0.798. The summed E-state index contributed by atoms with van der Waals surface area (Å²) in [6, 6.07) is 14.0. The summed E-state index contributed by atoms with van der Waals surface area (Å²) in [5.74, 6) is 0.419. The Hall–Kier alpha value is -3.02. The summed E-state index contributed by atoms with van der Waals surface area (Å²) in [6.07, 6.45) is -0.771. The summed E-state index contributed by atoms with van der Waals surface area (Å²) < 4.78 is 10.9. The summed E-state index contributed by atoms with van der Waals surface area (Å²) in [7, 11) is 1.54. The van der Waals surface area contributed by atoms with Crippen LogP contribution < -0.4 is 20.1 Å². The van der Waals surface area contributed by atoms with Gasteiger partial charge < -0.3 is 20.1 Å². The predicted octanol–water partition coefficient (Wildman–Crippen LogP) is 3.24. The first kappa shape index (κ1) is 19.3. The van der Waals surface area contributed by atoms with Crippen LogP contribution in [0.15, 0.2) is 48.5 Å². The van der Waals surface area contributed by atoms with Crippen LogP contribution in [0.4, 0.5) is 5.69 Å². The number of anilines is 1. The molecule has 0 aliphatic heterocycles. The Morgan fingerprint density at radius 1 is 0.923 bits per heavy atom. The molecule has 0 aliphatic rings. The third-order valence-corrected chi connectivity index (χ3v) is 3.59. The van der Waals surface area contributed by atoms with E-state index >= 15 is 0 Å². The molecule has 2 rings (SSSR count). The molecule has 2 N–H and O–H groups in total. The van der Waals surface area contributed by atoms with Crippen molar-refractivity contribution in [3.8, 4) is 11.5 Å². The largest absolute Gasteiger partial charge is 0.493 e. The number of ether oxygens (including phenoxy) is 2. The van der Waals surface area contributed by atoms with Crippen LogP contribution in [-0.2, 0) is 4.79 Å². The zero-order chi connectivity index (χ0) is 19.1. The molecule has 0 aromatic heterocycles. The number of carbonyl (C=O) groups is 2. The summed E-state index contributed by atoms with van der Waals surface area (Å²) in [6.45, 7) is 5.39. The van der Waals surface area contributed by atoms with E-state index in [0.717, 1.165) is 0 Å². The molecule has 2 aromatic rings. The van der Waals surface area contributed by atoms with E-state index in [1.165, 1.54) is 7.11 Å². The van der Waals surface area contributed by atoms with E-state index in [1.807, 2.05) is 19.9 Å². The normalized spacial score (nSPS) is 11.6. The van der Waals surface area contributed by atoms with Crippen molar-refractivity contribution in [1.82, 2.24) is 5.32 Å². The number of hydrogen-bond acceptors (Lipinski definition) is 4. The highest BCUT2D eigenvalue weighted by Crippen LogP contribution is 2.27. The Bertz CT molecular complexity index is 774. The average molecular weight is 356 g/mol. The summed E-state index contributed by atoms with van der Waals surface area (Å²) in [4.78, 5) is 24.8. The van der Waals surface area contributed by atoms with Gasteiger partial charge in [-0.1, -0.05) is 24.3 Å². The van der Waals surface area contributed by atoms with Crippen LogP contribution in [0.25, 0.3) is 0 Å². The Labute approximate surface area is 153 Å². The van der Waals surface area contributed by atoms with E-state index in [9.17, 15) is 9.59 Å². The van der Waals surface area contributed by atoms with Crippen LogP contribution in [0.1, 0.15) is 31.1 Å². The fourth-order valence-corrected chi connectivity index (χ4v) is 2.32. The number of carbonyl (C=O) groups excluding carboxylic acids is 2. The van der Waals surface area contributed by atoms with Gasteiger partial charge in [0.05, 0.1) is 18.4 Å². The lowest BCUT2D eigenvalue weighted by molar-refractivity contribution is -0.122. The van der Waals surface area contributed by atoms with Crippen LogP contribution >= 0.6 is 0 Å². The van der Waals surface area contributed by atoms with E-state index in [-0.39, 0.29) is 17.9 Å². The molecule has 0 saturated carbocycles. The topological polar surface area (TPSA) is 76.7 Å². The molecule has 0 bridgehead atoms. The standard InChI is InChI=1S/C20H24N2O4/c1-13(2)21-20(24)15-9-5-6-10-16(15)22-19(23)14(3)26-18-12-8-7-11-17(18)25-4/h5-14H,1-4H3,(H,21,24)(H,22,23)/t14-/m1/s1. The molecule has 0 fully saturated rings. The number of nitrogens with one attached hydrogen (secondary N) is 2. The second-order valence-electron chi connectivity index (χ2n) is 6.07. The van der Waals surface area contributed by atoms with Crippen LogP contribution in [0.2, 0.25) is 0 Å². The van der Waals surface area contributed by atoms with Gasteiger partial charge in [0, 0.05) is 6.04 Å². The van der Waals surface area contributed by atoms with Crippen molar-refractivity contribution < 1.29 is 19.1 Å². The maximum absolute atomic E-state index is 12.5. The molecular formula is C20H24N2O4. The van der Waals surface area contributed by atoms with Crippen molar-refractivity contribution in [1.29, 1.82) is 0 Å². The summed E-state index contributed by atoms with van der Waals surface area (Å²) in [5, 5.41) is 5.58. The van der Waals surface area contributed by atoms with Gasteiger partial charge in [-0.15, -0.1) is 0 Å². The molecule has 0 spiro atoms. The van der Waals surface area contributed by atoms with Crippen molar-refractivity contribution in [3.63, 3.8) is 0 Å². The number of amides is 2. The second kappa shape index (κ2) is 8.89. The monoisotopic (exact) mass is 356 g/mol. The molecule has 0 aliphatic carbocycles. The molecule has 6 nitrogen and oxygen atoms in total. The summed E-state index contributed by atoms with van der Waals surface area (Å²) >= 11 is 0. The van der Waals surface area contributed by atoms with E-state index in [4.69, 9.17) is 9.47 Å². The van der Waals surface area contributed by atoms with Gasteiger partial charge in [0.1, 0.15) is 0 Å². The van der Waals surface area contributed by atoms with Gasteiger partial charge in [0.2, 0.25) is 0 Å². The van der Waals surface area contributed by atoms with Crippen LogP contribution in [-0.4, -0.2) is 31.1 Å². The van der Waals surface area contributed by atoms with Gasteiger partial charge in [0.25, 0.3) is 11.8 Å². The Morgan fingerprint density at radius 2 is 1.54 bits per heavy atom. The molecule has 26 heavy (non-hydrogen) atoms. The minimum Gasteiger partial charge on any atom is -0.493 e. The molecular weight excluding hydrogens is 332 g/mol. The van der Waals surface area contributed by atoms with Crippen LogP contribution in [0.5, 0.6) is 11.5 Å². The van der Waals surface area contributed by atoms with Gasteiger partial charge in [0.15, 0.2) is 17.6 Å². The molecule has 6 heteroatoms. The zero-order valence-electron chi connectivity index (χ0n) is 15.4. The maximum atomic E-state index is 12.5. The van der Waals surface area contributed by atoms with E-state index in [2.05, 4.69) is 10.6 Å². The van der Waals surface area contributed by atoms with Gasteiger partial charge in [-0.2, -0.15) is 0 Å².